The van der Waals surface area contributed by atoms with Gasteiger partial charge in [0.2, 0.25) is 0 Å². The molecule has 1 radical (unpaired) electrons. The van der Waals surface area contributed by atoms with E-state index in [1.807, 2.05) is 18.2 Å². The van der Waals surface area contributed by atoms with Crippen LogP contribution in [-0.4, -0.2) is 10.1 Å². The van der Waals surface area contributed by atoms with Crippen molar-refractivity contribution in [3.05, 3.63) is 36.5 Å². The zero-order valence-electron chi connectivity index (χ0n) is 6.24. The van der Waals surface area contributed by atoms with E-state index < -0.39 is 0 Å². The van der Waals surface area contributed by atoms with Crippen LogP contribution in [0.25, 0.3) is 10.9 Å². The number of nitrogens with zero attached hydrogens (tertiary/aromatic N) is 1. The molecule has 0 aliphatic rings. The third-order valence-electron chi connectivity index (χ3n) is 1.61. The van der Waals surface area contributed by atoms with Crippen molar-refractivity contribution < 1.29 is 25.2 Å². The summed E-state index contributed by atoms with van der Waals surface area (Å²) in [5.41, 5.74) is 0.662. The summed E-state index contributed by atoms with van der Waals surface area (Å²) in [5.74, 6) is 0.239. The van der Waals surface area contributed by atoms with E-state index in [-0.39, 0.29) is 25.9 Å². The second kappa shape index (κ2) is 3.65. The van der Waals surface area contributed by atoms with E-state index in [0.717, 1.165) is 5.39 Å². The molecule has 1 aromatic heterocycles. The van der Waals surface area contributed by atoms with Crippen molar-refractivity contribution in [3.63, 3.8) is 0 Å². The number of aromatic hydroxyl groups is 1. The van der Waals surface area contributed by atoms with Gasteiger partial charge in [0.25, 0.3) is 0 Å². The maximum Gasteiger partial charge on any atom is 0.141 e. The quantitative estimate of drug-likeness (QED) is 0.767. The number of benzene rings is 1. The molecule has 0 aliphatic heterocycles. The molecule has 0 aliphatic carbocycles. The van der Waals surface area contributed by atoms with E-state index in [9.17, 15) is 5.11 Å². The number of hydrogen-bond donors (Lipinski definition) is 1. The summed E-state index contributed by atoms with van der Waals surface area (Å²) >= 11 is 0. The van der Waals surface area contributed by atoms with E-state index in [4.69, 9.17) is 0 Å². The largest absolute Gasteiger partial charge is 0.506 e. The van der Waals surface area contributed by atoms with Crippen LogP contribution < -0.4 is 0 Å². The van der Waals surface area contributed by atoms with Crippen molar-refractivity contribution in [1.82, 2.24) is 4.98 Å². The molecule has 1 N–H and O–H groups in total. The number of aromatic nitrogens is 1. The van der Waals surface area contributed by atoms with Gasteiger partial charge in [-0.25, -0.2) is 0 Å². The zero-order chi connectivity index (χ0) is 7.68. The topological polar surface area (TPSA) is 33.1 Å². The molecule has 2 nitrogen and oxygen atoms in total. The molecule has 2 aromatic rings. The molecule has 0 atom stereocenters. The van der Waals surface area contributed by atoms with Crippen molar-refractivity contribution in [2.24, 2.45) is 0 Å². The first-order chi connectivity index (χ1) is 5.38. The molecule has 2 rings (SSSR count). The molecule has 12 heavy (non-hydrogen) atoms. The van der Waals surface area contributed by atoms with Crippen molar-refractivity contribution in [2.75, 3.05) is 0 Å². The Morgan fingerprint density at radius 3 is 2.58 bits per heavy atom. The summed E-state index contributed by atoms with van der Waals surface area (Å²) in [6.45, 7) is 0. The number of fused-ring (bicyclic) bond motifs is 1. The Hall–Kier alpha value is -0.921. The Labute approximate surface area is 83.6 Å². The third-order valence-corrected chi connectivity index (χ3v) is 1.61. The summed E-state index contributed by atoms with van der Waals surface area (Å²) in [5, 5.41) is 10.3. The third kappa shape index (κ3) is 1.47. The predicted molar refractivity (Wildman–Crippen MR) is 43.4 cm³/mol. The van der Waals surface area contributed by atoms with Crippen molar-refractivity contribution in [2.45, 2.75) is 0 Å². The van der Waals surface area contributed by atoms with Gasteiger partial charge in [-0.05, 0) is 12.1 Å². The second-order valence-corrected chi connectivity index (χ2v) is 2.35. The van der Waals surface area contributed by atoms with Gasteiger partial charge in [0.1, 0.15) is 11.3 Å². The van der Waals surface area contributed by atoms with Gasteiger partial charge in [-0.2, -0.15) is 0 Å². The fraction of sp³-hybridized carbons (Fsp3) is 0. The standard InChI is InChI=1S/C9H7NO.Tc/c11-8-5-1-3-7-4-2-6-10-9(7)8;/h1-6,11H;. The van der Waals surface area contributed by atoms with E-state index in [1.165, 1.54) is 0 Å². The fourth-order valence-electron chi connectivity index (χ4n) is 1.09. The van der Waals surface area contributed by atoms with Crippen LogP contribution in [0.5, 0.6) is 5.75 Å². The van der Waals surface area contributed by atoms with Gasteiger partial charge in [0, 0.05) is 31.7 Å². The van der Waals surface area contributed by atoms with Gasteiger partial charge >= 0.3 is 0 Å². The van der Waals surface area contributed by atoms with Crippen molar-refractivity contribution >= 4 is 10.9 Å². The number of phenolic OH excluding ortho intramolecular Hbond substituents is 1. The van der Waals surface area contributed by atoms with Crippen LogP contribution in [0, 0.1) is 0 Å². The van der Waals surface area contributed by atoms with Gasteiger partial charge in [-0.15, -0.1) is 0 Å². The summed E-state index contributed by atoms with van der Waals surface area (Å²) in [6.07, 6.45) is 1.67. The van der Waals surface area contributed by atoms with Gasteiger partial charge in [-0.1, -0.05) is 18.2 Å². The van der Waals surface area contributed by atoms with E-state index in [1.54, 1.807) is 18.3 Å². The summed E-state index contributed by atoms with van der Waals surface area (Å²) in [6, 6.07) is 9.13. The molecule has 1 heterocycles. The molecule has 0 saturated heterocycles. The molecule has 0 unspecified atom stereocenters. The van der Waals surface area contributed by atoms with Crippen LogP contribution >= 0.6 is 0 Å². The van der Waals surface area contributed by atoms with Crippen LogP contribution in [0.4, 0.5) is 0 Å². The minimum Gasteiger partial charge on any atom is -0.506 e. The molecule has 61 valence electrons. The van der Waals surface area contributed by atoms with Gasteiger partial charge in [-0.3, -0.25) is 4.98 Å². The molecule has 0 fully saturated rings. The number of pyridine rings is 1. The summed E-state index contributed by atoms with van der Waals surface area (Å²) in [7, 11) is 0. The first-order valence-electron chi connectivity index (χ1n) is 3.40. The van der Waals surface area contributed by atoms with Crippen LogP contribution in [0.15, 0.2) is 36.5 Å². The molecular weight excluding hydrogens is 236 g/mol. The van der Waals surface area contributed by atoms with Gasteiger partial charge in [0.15, 0.2) is 0 Å². The van der Waals surface area contributed by atoms with Gasteiger partial charge < -0.3 is 5.11 Å². The maximum atomic E-state index is 9.31. The van der Waals surface area contributed by atoms with Crippen LogP contribution in [-0.2, 0) is 20.1 Å². The molecule has 3 heteroatoms. The number of phenols is 1. The average Bonchev–Trinajstić information content (AvgIpc) is 2.06. The monoisotopic (exact) mass is 242 g/mol. The molecule has 0 spiro atoms. The first kappa shape index (κ1) is 9.17. The van der Waals surface area contributed by atoms with Crippen LogP contribution in [0.1, 0.15) is 0 Å². The minimum atomic E-state index is 0. The van der Waals surface area contributed by atoms with E-state index in [0.29, 0.717) is 5.52 Å². The van der Waals surface area contributed by atoms with Crippen molar-refractivity contribution in [3.8, 4) is 5.75 Å². The summed E-state index contributed by atoms with van der Waals surface area (Å²) < 4.78 is 0. The Morgan fingerprint density at radius 1 is 1.08 bits per heavy atom. The molecular formula is C9H7NOTc. The predicted octanol–water partition coefficient (Wildman–Crippen LogP) is 1.94. The molecule has 0 saturated carbocycles. The molecule has 0 amide bonds. The Balaban J connectivity index is 0.000000720. The van der Waals surface area contributed by atoms with E-state index >= 15 is 0 Å². The normalized spacial score (nSPS) is 9.33. The SMILES string of the molecule is Oc1cccc2cccnc12.[Tc]. The van der Waals surface area contributed by atoms with Crippen LogP contribution in [0.3, 0.4) is 0 Å². The van der Waals surface area contributed by atoms with Crippen molar-refractivity contribution in [1.29, 1.82) is 0 Å². The molecule has 0 bridgehead atoms. The molecule has 1 aromatic carbocycles. The Morgan fingerprint density at radius 2 is 1.83 bits per heavy atom. The Bertz CT molecular complexity index is 384. The van der Waals surface area contributed by atoms with Crippen LogP contribution in [0.2, 0.25) is 0 Å². The van der Waals surface area contributed by atoms with Gasteiger partial charge in [0.05, 0.1) is 0 Å². The summed E-state index contributed by atoms with van der Waals surface area (Å²) in [4.78, 5) is 4.03. The minimum absolute atomic E-state index is 0. The smallest absolute Gasteiger partial charge is 0.141 e. The number of para-hydroxylation sites is 1. The number of rotatable bonds is 0. The maximum absolute atomic E-state index is 9.31. The average molecular weight is 243 g/mol. The first-order valence-corrected chi connectivity index (χ1v) is 3.40. The second-order valence-electron chi connectivity index (χ2n) is 2.35. The van der Waals surface area contributed by atoms with E-state index in [2.05, 4.69) is 4.98 Å². The fourth-order valence-corrected chi connectivity index (χ4v) is 1.09. The number of hydrogen-bond acceptors (Lipinski definition) is 2. The Kier molecular flexibility index (Phi) is 2.79. The zero-order valence-corrected chi connectivity index (χ0v) is 8.09.